The van der Waals surface area contributed by atoms with E-state index in [1.165, 1.54) is 24.3 Å². The average molecular weight is 273 g/mol. The van der Waals surface area contributed by atoms with Gasteiger partial charge in [-0.2, -0.15) is 0 Å². The number of halogens is 1. The van der Waals surface area contributed by atoms with E-state index >= 15 is 0 Å². The number of amides is 3. The van der Waals surface area contributed by atoms with Crippen molar-refractivity contribution >= 4 is 23.3 Å². The monoisotopic (exact) mass is 273 g/mol. The maximum Gasteiger partial charge on any atom is 0.326 e. The Kier molecular flexibility index (Phi) is 3.95. The van der Waals surface area contributed by atoms with E-state index in [0.717, 1.165) is 6.07 Å². The highest BCUT2D eigenvalue weighted by Gasteiger charge is 2.12. The Bertz CT molecular complexity index is 658. The first kappa shape index (κ1) is 13.5. The summed E-state index contributed by atoms with van der Waals surface area (Å²) in [5, 5.41) is 4.46. The number of nitrogens with one attached hydrogen (secondary N) is 2. The SMILES string of the molecule is Nc1ccccc1C(=O)NC(=O)Nc1cccc(F)c1. The summed E-state index contributed by atoms with van der Waals surface area (Å²) in [5.41, 5.74) is 6.34. The molecule has 6 heteroatoms. The van der Waals surface area contributed by atoms with E-state index in [0.29, 0.717) is 0 Å². The molecule has 2 aromatic carbocycles. The molecule has 3 amide bonds. The van der Waals surface area contributed by atoms with Gasteiger partial charge in [0.25, 0.3) is 5.91 Å². The third kappa shape index (κ3) is 3.32. The Morgan fingerprint density at radius 3 is 2.50 bits per heavy atom. The van der Waals surface area contributed by atoms with E-state index in [-0.39, 0.29) is 16.9 Å². The van der Waals surface area contributed by atoms with Crippen molar-refractivity contribution in [3.63, 3.8) is 0 Å². The van der Waals surface area contributed by atoms with E-state index in [1.807, 2.05) is 0 Å². The molecule has 0 radical (unpaired) electrons. The zero-order valence-electron chi connectivity index (χ0n) is 10.4. The maximum absolute atomic E-state index is 12.9. The van der Waals surface area contributed by atoms with Crippen molar-refractivity contribution in [3.05, 3.63) is 59.9 Å². The van der Waals surface area contributed by atoms with E-state index in [1.54, 1.807) is 18.2 Å². The van der Waals surface area contributed by atoms with Crippen molar-refractivity contribution in [1.29, 1.82) is 0 Å². The van der Waals surface area contributed by atoms with Gasteiger partial charge in [0.1, 0.15) is 5.82 Å². The molecule has 0 aliphatic heterocycles. The molecule has 0 aromatic heterocycles. The molecule has 0 unspecified atom stereocenters. The number of hydrogen-bond acceptors (Lipinski definition) is 3. The number of urea groups is 1. The second-order valence-corrected chi connectivity index (χ2v) is 4.01. The molecule has 102 valence electrons. The number of carbonyl (C=O) groups is 2. The number of nitrogens with two attached hydrogens (primary N) is 1. The topological polar surface area (TPSA) is 84.2 Å². The lowest BCUT2D eigenvalue weighted by Crippen LogP contribution is -2.34. The largest absolute Gasteiger partial charge is 0.398 e. The van der Waals surface area contributed by atoms with Crippen LogP contribution in [0, 0.1) is 5.82 Å². The highest BCUT2D eigenvalue weighted by Crippen LogP contribution is 2.11. The fourth-order valence-electron chi connectivity index (χ4n) is 1.60. The molecule has 0 saturated heterocycles. The second-order valence-electron chi connectivity index (χ2n) is 4.01. The maximum atomic E-state index is 12.9. The van der Waals surface area contributed by atoms with Crippen LogP contribution in [0.25, 0.3) is 0 Å². The third-order valence-corrected chi connectivity index (χ3v) is 2.51. The number of anilines is 2. The first-order valence-corrected chi connectivity index (χ1v) is 5.78. The first-order valence-electron chi connectivity index (χ1n) is 5.78. The van der Waals surface area contributed by atoms with Gasteiger partial charge in [0.15, 0.2) is 0 Å². The Hall–Kier alpha value is -2.89. The van der Waals surface area contributed by atoms with Gasteiger partial charge in [-0.3, -0.25) is 10.1 Å². The summed E-state index contributed by atoms with van der Waals surface area (Å²) in [6.45, 7) is 0. The Balaban J connectivity index is 2.02. The van der Waals surface area contributed by atoms with Gasteiger partial charge in [-0.15, -0.1) is 0 Å². The van der Waals surface area contributed by atoms with Crippen LogP contribution in [0.4, 0.5) is 20.6 Å². The fraction of sp³-hybridized carbons (Fsp3) is 0. The van der Waals surface area contributed by atoms with Crippen LogP contribution in [0.15, 0.2) is 48.5 Å². The molecule has 0 saturated carbocycles. The van der Waals surface area contributed by atoms with E-state index < -0.39 is 17.8 Å². The molecule has 0 bridgehead atoms. The summed E-state index contributed by atoms with van der Waals surface area (Å²) in [5.74, 6) is -1.11. The standard InChI is InChI=1S/C14H12FN3O2/c15-9-4-3-5-10(8-9)17-14(20)18-13(19)11-6-1-2-7-12(11)16/h1-8H,16H2,(H2,17,18,19,20). The Morgan fingerprint density at radius 1 is 1.05 bits per heavy atom. The van der Waals surface area contributed by atoms with Crippen LogP contribution in [0.5, 0.6) is 0 Å². The summed E-state index contributed by atoms with van der Waals surface area (Å²) in [6, 6.07) is 10.9. The number of hydrogen-bond donors (Lipinski definition) is 3. The summed E-state index contributed by atoms with van der Waals surface area (Å²) in [7, 11) is 0. The normalized spacial score (nSPS) is 9.85. The quantitative estimate of drug-likeness (QED) is 0.734. The summed E-state index contributed by atoms with van der Waals surface area (Å²) < 4.78 is 12.9. The van der Waals surface area contributed by atoms with Gasteiger partial charge in [0, 0.05) is 11.4 Å². The van der Waals surface area contributed by atoms with E-state index in [9.17, 15) is 14.0 Å². The minimum absolute atomic E-state index is 0.196. The lowest BCUT2D eigenvalue weighted by atomic mass is 10.2. The van der Waals surface area contributed by atoms with Crippen LogP contribution in [0.1, 0.15) is 10.4 Å². The molecule has 2 rings (SSSR count). The van der Waals surface area contributed by atoms with Crippen molar-refractivity contribution < 1.29 is 14.0 Å². The molecular weight excluding hydrogens is 261 g/mol. The molecule has 0 spiro atoms. The van der Waals surface area contributed by atoms with Gasteiger partial charge >= 0.3 is 6.03 Å². The number of carbonyl (C=O) groups excluding carboxylic acids is 2. The van der Waals surface area contributed by atoms with Crippen molar-refractivity contribution in [2.45, 2.75) is 0 Å². The summed E-state index contributed by atoms with van der Waals surface area (Å²) in [6.07, 6.45) is 0. The molecule has 2 aromatic rings. The van der Waals surface area contributed by atoms with Gasteiger partial charge < -0.3 is 11.1 Å². The van der Waals surface area contributed by atoms with E-state index in [2.05, 4.69) is 10.6 Å². The number of para-hydroxylation sites is 1. The molecule has 4 N–H and O–H groups in total. The van der Waals surface area contributed by atoms with Crippen molar-refractivity contribution in [2.24, 2.45) is 0 Å². The van der Waals surface area contributed by atoms with Gasteiger partial charge in [-0.25, -0.2) is 9.18 Å². The van der Waals surface area contributed by atoms with Crippen LogP contribution < -0.4 is 16.4 Å². The first-order chi connectivity index (χ1) is 9.56. The number of imide groups is 1. The predicted molar refractivity (Wildman–Crippen MR) is 73.7 cm³/mol. The van der Waals surface area contributed by atoms with Crippen molar-refractivity contribution in [1.82, 2.24) is 5.32 Å². The minimum Gasteiger partial charge on any atom is -0.398 e. The molecule has 20 heavy (non-hydrogen) atoms. The van der Waals surface area contributed by atoms with Crippen LogP contribution in [0.2, 0.25) is 0 Å². The smallest absolute Gasteiger partial charge is 0.326 e. The summed E-state index contributed by atoms with van der Waals surface area (Å²) >= 11 is 0. The van der Waals surface area contributed by atoms with E-state index in [4.69, 9.17) is 5.73 Å². The highest BCUT2D eigenvalue weighted by atomic mass is 19.1. The van der Waals surface area contributed by atoms with Gasteiger partial charge in [-0.1, -0.05) is 18.2 Å². The minimum atomic E-state index is -0.760. The lowest BCUT2D eigenvalue weighted by Gasteiger charge is -2.08. The second kappa shape index (κ2) is 5.83. The molecule has 0 fully saturated rings. The molecular formula is C14H12FN3O2. The number of rotatable bonds is 2. The zero-order chi connectivity index (χ0) is 14.5. The third-order valence-electron chi connectivity index (χ3n) is 2.51. The predicted octanol–water partition coefficient (Wildman–Crippen LogP) is 2.37. The Morgan fingerprint density at radius 2 is 1.80 bits per heavy atom. The summed E-state index contributed by atoms with van der Waals surface area (Å²) in [4.78, 5) is 23.4. The lowest BCUT2D eigenvalue weighted by molar-refractivity contribution is 0.0968. The van der Waals surface area contributed by atoms with Crippen LogP contribution >= 0.6 is 0 Å². The van der Waals surface area contributed by atoms with Crippen molar-refractivity contribution in [3.8, 4) is 0 Å². The van der Waals surface area contributed by atoms with Crippen LogP contribution in [-0.4, -0.2) is 11.9 Å². The fourth-order valence-corrected chi connectivity index (χ4v) is 1.60. The molecule has 0 atom stereocenters. The number of nitrogen functional groups attached to an aromatic ring is 1. The average Bonchev–Trinajstić information content (AvgIpc) is 2.38. The number of benzene rings is 2. The molecule has 0 heterocycles. The Labute approximate surface area is 114 Å². The van der Waals surface area contributed by atoms with Gasteiger partial charge in [0.05, 0.1) is 5.56 Å². The van der Waals surface area contributed by atoms with Crippen molar-refractivity contribution in [2.75, 3.05) is 11.1 Å². The molecule has 0 aliphatic carbocycles. The zero-order valence-corrected chi connectivity index (χ0v) is 10.4. The highest BCUT2D eigenvalue weighted by molar-refractivity contribution is 6.10. The van der Waals surface area contributed by atoms with Gasteiger partial charge in [0.2, 0.25) is 0 Å². The molecule has 0 aliphatic rings. The van der Waals surface area contributed by atoms with Crippen LogP contribution in [-0.2, 0) is 0 Å². The van der Waals surface area contributed by atoms with Gasteiger partial charge in [-0.05, 0) is 30.3 Å². The van der Waals surface area contributed by atoms with Crippen LogP contribution in [0.3, 0.4) is 0 Å². The molecule has 5 nitrogen and oxygen atoms in total.